The van der Waals surface area contributed by atoms with Gasteiger partial charge in [0.2, 0.25) is 5.91 Å². The summed E-state index contributed by atoms with van der Waals surface area (Å²) in [6, 6.07) is 7.68. The highest BCUT2D eigenvalue weighted by Crippen LogP contribution is 2.27. The van der Waals surface area contributed by atoms with Crippen LogP contribution in [-0.2, 0) is 16.6 Å². The number of aliphatic imine (C=N–C) groups is 1. The molecule has 142 valence electrons. The lowest BCUT2D eigenvalue weighted by atomic mass is 10.2. The van der Waals surface area contributed by atoms with Gasteiger partial charge in [-0.05, 0) is 39.8 Å². The van der Waals surface area contributed by atoms with Crippen molar-refractivity contribution in [2.45, 2.75) is 32.9 Å². The molecule has 1 atom stereocenters. The zero-order valence-corrected chi connectivity index (χ0v) is 16.9. The van der Waals surface area contributed by atoms with Crippen molar-refractivity contribution in [3.63, 3.8) is 0 Å². The van der Waals surface area contributed by atoms with E-state index in [0.29, 0.717) is 5.17 Å². The maximum Gasteiger partial charge on any atom is 0.254 e. The third-order valence-electron chi connectivity index (χ3n) is 4.49. The topological polar surface area (TPSA) is 79.6 Å². The Morgan fingerprint density at radius 1 is 1.22 bits per heavy atom. The van der Waals surface area contributed by atoms with Crippen LogP contribution in [0.1, 0.15) is 23.9 Å². The van der Waals surface area contributed by atoms with Crippen molar-refractivity contribution in [3.05, 3.63) is 41.2 Å². The van der Waals surface area contributed by atoms with Crippen LogP contribution in [0.5, 0.6) is 0 Å². The number of thioether (sulfide) groups is 1. The quantitative estimate of drug-likeness (QED) is 0.878. The fourth-order valence-electron chi connectivity index (χ4n) is 2.81. The molecule has 0 aliphatic carbocycles. The van der Waals surface area contributed by atoms with Gasteiger partial charge in [0.1, 0.15) is 6.54 Å². The first-order valence-electron chi connectivity index (χ1n) is 8.69. The number of nitrogens with zero attached hydrogens (tertiary/aromatic N) is 4. The molecule has 2 aromatic rings. The molecule has 0 fully saturated rings. The minimum Gasteiger partial charge on any atom is -0.322 e. The van der Waals surface area contributed by atoms with E-state index in [-0.39, 0.29) is 18.4 Å². The van der Waals surface area contributed by atoms with Crippen molar-refractivity contribution < 1.29 is 9.59 Å². The summed E-state index contributed by atoms with van der Waals surface area (Å²) >= 11 is 1.28. The summed E-state index contributed by atoms with van der Waals surface area (Å²) in [6.07, 6.45) is 0. The second-order valence-corrected chi connectivity index (χ2v) is 7.89. The smallest absolute Gasteiger partial charge is 0.254 e. The monoisotopic (exact) mass is 385 g/mol. The molecule has 0 spiro atoms. The molecule has 1 N–H and O–H groups in total. The standard InChI is InChI=1S/C19H23N5O2S/c1-11-6-8-15(9-7-11)24-16(25)10-20-19(24)27-14(4)18(26)21-17-12(2)22-23(5)13(17)3/h6-9,14H,10H2,1-5H3,(H,21,26)/t14-/m0/s1. The van der Waals surface area contributed by atoms with Crippen LogP contribution in [0.2, 0.25) is 0 Å². The van der Waals surface area contributed by atoms with Gasteiger partial charge in [0.15, 0.2) is 5.17 Å². The Morgan fingerprint density at radius 3 is 2.48 bits per heavy atom. The summed E-state index contributed by atoms with van der Waals surface area (Å²) < 4.78 is 1.74. The van der Waals surface area contributed by atoms with Crippen LogP contribution in [0.15, 0.2) is 29.3 Å². The lowest BCUT2D eigenvalue weighted by Gasteiger charge is -2.20. The average molecular weight is 385 g/mol. The zero-order chi connectivity index (χ0) is 19.7. The van der Waals surface area contributed by atoms with E-state index < -0.39 is 5.25 Å². The number of nitrogens with one attached hydrogen (secondary N) is 1. The Kier molecular flexibility index (Phi) is 5.36. The summed E-state index contributed by atoms with van der Waals surface area (Å²) in [6.45, 7) is 7.67. The molecule has 0 unspecified atom stereocenters. The van der Waals surface area contributed by atoms with Gasteiger partial charge in [-0.15, -0.1) is 0 Å². The van der Waals surface area contributed by atoms with Gasteiger partial charge < -0.3 is 5.32 Å². The highest BCUT2D eigenvalue weighted by atomic mass is 32.2. The van der Waals surface area contributed by atoms with E-state index in [1.807, 2.05) is 52.1 Å². The van der Waals surface area contributed by atoms with Crippen LogP contribution in [-0.4, -0.2) is 38.6 Å². The normalized spacial score (nSPS) is 15.1. The van der Waals surface area contributed by atoms with Gasteiger partial charge in [0, 0.05) is 7.05 Å². The molecule has 8 heteroatoms. The van der Waals surface area contributed by atoms with Crippen LogP contribution in [0.3, 0.4) is 0 Å². The predicted octanol–water partition coefficient (Wildman–Crippen LogP) is 2.81. The van der Waals surface area contributed by atoms with Gasteiger partial charge >= 0.3 is 0 Å². The number of hydrogen-bond acceptors (Lipinski definition) is 5. The highest BCUT2D eigenvalue weighted by molar-refractivity contribution is 8.15. The number of carbonyl (C=O) groups is 2. The van der Waals surface area contributed by atoms with Gasteiger partial charge in [-0.2, -0.15) is 5.10 Å². The first kappa shape index (κ1) is 19.2. The molecule has 1 aromatic carbocycles. The van der Waals surface area contributed by atoms with Crippen molar-refractivity contribution in [1.29, 1.82) is 0 Å². The lowest BCUT2D eigenvalue weighted by Crippen LogP contribution is -2.33. The van der Waals surface area contributed by atoms with Crippen molar-refractivity contribution in [2.24, 2.45) is 12.0 Å². The van der Waals surface area contributed by atoms with Gasteiger partial charge in [-0.3, -0.25) is 24.2 Å². The van der Waals surface area contributed by atoms with Crippen molar-refractivity contribution in [1.82, 2.24) is 9.78 Å². The molecule has 3 rings (SSSR count). The number of amidine groups is 1. The van der Waals surface area contributed by atoms with Crippen LogP contribution < -0.4 is 10.2 Å². The first-order valence-corrected chi connectivity index (χ1v) is 9.57. The number of anilines is 2. The molecule has 1 aliphatic heterocycles. The Bertz CT molecular complexity index is 917. The lowest BCUT2D eigenvalue weighted by molar-refractivity contribution is -0.116. The van der Waals surface area contributed by atoms with Crippen LogP contribution in [0.25, 0.3) is 0 Å². The van der Waals surface area contributed by atoms with E-state index in [1.54, 1.807) is 16.5 Å². The Labute approximate surface area is 162 Å². The number of benzene rings is 1. The molecule has 0 radical (unpaired) electrons. The van der Waals surface area contributed by atoms with E-state index in [9.17, 15) is 9.59 Å². The van der Waals surface area contributed by atoms with E-state index in [1.165, 1.54) is 11.8 Å². The molecule has 1 aliphatic rings. The molecular formula is C19H23N5O2S. The van der Waals surface area contributed by atoms with Gasteiger partial charge in [0.05, 0.1) is 28.0 Å². The maximum atomic E-state index is 12.7. The summed E-state index contributed by atoms with van der Waals surface area (Å²) in [4.78, 5) is 30.8. The molecule has 0 saturated heterocycles. The number of hydrogen-bond donors (Lipinski definition) is 1. The Hall–Kier alpha value is -2.61. The Morgan fingerprint density at radius 2 is 1.89 bits per heavy atom. The summed E-state index contributed by atoms with van der Waals surface area (Å²) in [5, 5.41) is 7.39. The number of carbonyl (C=O) groups excluding carboxylic acids is 2. The minimum atomic E-state index is -0.415. The highest BCUT2D eigenvalue weighted by Gasteiger charge is 2.30. The third-order valence-corrected chi connectivity index (χ3v) is 5.58. The first-order chi connectivity index (χ1) is 12.8. The Balaban J connectivity index is 1.72. The number of aryl methyl sites for hydroxylation is 3. The number of rotatable bonds is 4. The fourth-order valence-corrected chi connectivity index (χ4v) is 3.75. The van der Waals surface area contributed by atoms with Crippen molar-refractivity contribution >= 4 is 40.1 Å². The second-order valence-electron chi connectivity index (χ2n) is 6.58. The molecule has 27 heavy (non-hydrogen) atoms. The van der Waals surface area contributed by atoms with Gasteiger partial charge in [-0.1, -0.05) is 29.5 Å². The van der Waals surface area contributed by atoms with Crippen LogP contribution in [0, 0.1) is 20.8 Å². The molecule has 2 amide bonds. The number of aromatic nitrogens is 2. The predicted molar refractivity (Wildman–Crippen MR) is 109 cm³/mol. The molecule has 7 nitrogen and oxygen atoms in total. The van der Waals surface area contributed by atoms with Crippen LogP contribution >= 0.6 is 11.8 Å². The SMILES string of the molecule is Cc1ccc(N2C(=O)CN=C2S[C@@H](C)C(=O)Nc2c(C)nn(C)c2C)cc1. The molecule has 2 heterocycles. The van der Waals surface area contributed by atoms with Crippen molar-refractivity contribution in [3.8, 4) is 0 Å². The zero-order valence-electron chi connectivity index (χ0n) is 16.1. The average Bonchev–Trinajstić information content (AvgIpc) is 3.10. The van der Waals surface area contributed by atoms with Crippen LogP contribution in [0.4, 0.5) is 11.4 Å². The van der Waals surface area contributed by atoms with Gasteiger partial charge in [-0.25, -0.2) is 0 Å². The molecule has 0 saturated carbocycles. The number of amides is 2. The van der Waals surface area contributed by atoms with E-state index in [4.69, 9.17) is 0 Å². The third kappa shape index (κ3) is 3.90. The molecular weight excluding hydrogens is 362 g/mol. The molecule has 1 aromatic heterocycles. The summed E-state index contributed by atoms with van der Waals surface area (Å²) in [5.41, 5.74) is 4.28. The second kappa shape index (κ2) is 7.56. The molecule has 0 bridgehead atoms. The van der Waals surface area contributed by atoms with E-state index in [0.717, 1.165) is 28.3 Å². The van der Waals surface area contributed by atoms with Gasteiger partial charge in [0.25, 0.3) is 5.91 Å². The van der Waals surface area contributed by atoms with E-state index >= 15 is 0 Å². The summed E-state index contributed by atoms with van der Waals surface area (Å²) in [5.74, 6) is -0.238. The van der Waals surface area contributed by atoms with E-state index in [2.05, 4.69) is 15.4 Å². The minimum absolute atomic E-state index is 0.0899. The van der Waals surface area contributed by atoms with Crippen molar-refractivity contribution in [2.75, 3.05) is 16.8 Å². The maximum absolute atomic E-state index is 12.7. The largest absolute Gasteiger partial charge is 0.322 e. The summed E-state index contributed by atoms with van der Waals surface area (Å²) in [7, 11) is 1.84. The fraction of sp³-hybridized carbons (Fsp3) is 0.368.